The number of ether oxygens (including phenoxy) is 1. The SMILES string of the molecule is CCCCCCCCCCCCC(NS(=O)(=O)CCCCCCCCCC)C(O)C(OCc1ccccc1)C(=O)[P+](O)(O)O. The number of rotatable bonds is 29. The topological polar surface area (TPSA) is 153 Å². The summed E-state index contributed by atoms with van der Waals surface area (Å²) < 4.78 is 34.4. The number of benzene rings is 1. The summed E-state index contributed by atoms with van der Waals surface area (Å²) in [5.41, 5.74) is -0.784. The minimum atomic E-state index is -5.02. The van der Waals surface area contributed by atoms with Crippen molar-refractivity contribution in [2.75, 3.05) is 5.75 Å². The number of aliphatic hydroxyl groups is 1. The highest BCUT2D eigenvalue weighted by atomic mass is 32.2. The van der Waals surface area contributed by atoms with Crippen LogP contribution in [0.1, 0.15) is 141 Å². The molecule has 3 unspecified atom stereocenters. The van der Waals surface area contributed by atoms with Crippen molar-refractivity contribution in [3.05, 3.63) is 35.9 Å². The van der Waals surface area contributed by atoms with E-state index in [4.69, 9.17) is 4.74 Å². The van der Waals surface area contributed by atoms with Gasteiger partial charge < -0.3 is 9.84 Å². The Labute approximate surface area is 267 Å². The number of unbranched alkanes of at least 4 members (excludes halogenated alkanes) is 16. The van der Waals surface area contributed by atoms with Gasteiger partial charge in [0.1, 0.15) is 6.10 Å². The Bertz CT molecular complexity index is 958. The molecule has 0 amide bonds. The molecule has 0 aliphatic heterocycles. The highest BCUT2D eigenvalue weighted by molar-refractivity contribution is 7.89. The highest BCUT2D eigenvalue weighted by Gasteiger charge is 2.52. The average Bonchev–Trinajstić information content (AvgIpc) is 2.98. The Balaban J connectivity index is 2.85. The zero-order chi connectivity index (χ0) is 32.7. The van der Waals surface area contributed by atoms with Crippen molar-refractivity contribution in [2.45, 2.75) is 161 Å². The van der Waals surface area contributed by atoms with Crippen molar-refractivity contribution in [1.82, 2.24) is 4.72 Å². The summed E-state index contributed by atoms with van der Waals surface area (Å²) in [4.78, 5) is 42.1. The maximum Gasteiger partial charge on any atom is 0.481 e. The Morgan fingerprint density at radius 3 is 1.68 bits per heavy atom. The fourth-order valence-electron chi connectivity index (χ4n) is 5.32. The average molecular weight is 663 g/mol. The zero-order valence-corrected chi connectivity index (χ0v) is 29.0. The van der Waals surface area contributed by atoms with E-state index in [0.717, 1.165) is 51.4 Å². The van der Waals surface area contributed by atoms with Gasteiger partial charge in [0.05, 0.1) is 18.4 Å². The van der Waals surface area contributed by atoms with Gasteiger partial charge >= 0.3 is 13.5 Å². The molecule has 3 atom stereocenters. The molecular weight excluding hydrogens is 601 g/mol. The Kier molecular flexibility index (Phi) is 22.6. The molecule has 0 aromatic heterocycles. The van der Waals surface area contributed by atoms with Crippen LogP contribution < -0.4 is 4.72 Å². The first-order valence-corrected chi connectivity index (χ1v) is 20.3. The number of sulfonamides is 1. The van der Waals surface area contributed by atoms with E-state index in [1.807, 2.05) is 0 Å². The van der Waals surface area contributed by atoms with Gasteiger partial charge in [-0.2, -0.15) is 14.7 Å². The third kappa shape index (κ3) is 19.5. The summed E-state index contributed by atoms with van der Waals surface area (Å²) in [6.45, 7) is 4.22. The second-order valence-corrected chi connectivity index (χ2v) is 15.6. The normalized spacial score (nSPS) is 14.4. The molecule has 0 bridgehead atoms. The van der Waals surface area contributed by atoms with Gasteiger partial charge in [-0.1, -0.05) is 153 Å². The van der Waals surface area contributed by atoms with Gasteiger partial charge in [0, 0.05) is 0 Å². The molecule has 0 aliphatic carbocycles. The van der Waals surface area contributed by atoms with Crippen molar-refractivity contribution in [3.8, 4) is 0 Å². The molecule has 0 saturated carbocycles. The molecular formula is C33H61NO8PS+. The molecule has 9 nitrogen and oxygen atoms in total. The lowest BCUT2D eigenvalue weighted by molar-refractivity contribution is -0.135. The van der Waals surface area contributed by atoms with Crippen LogP contribution in [0.2, 0.25) is 0 Å². The summed E-state index contributed by atoms with van der Waals surface area (Å²) in [5.74, 6) is -0.108. The summed E-state index contributed by atoms with van der Waals surface area (Å²) >= 11 is 0. The molecule has 0 aliphatic rings. The molecule has 11 heteroatoms. The van der Waals surface area contributed by atoms with Crippen molar-refractivity contribution in [1.29, 1.82) is 0 Å². The first-order chi connectivity index (χ1) is 21.0. The van der Waals surface area contributed by atoms with Crippen LogP contribution in [0.15, 0.2) is 30.3 Å². The second-order valence-electron chi connectivity index (χ2n) is 12.1. The summed E-state index contributed by atoms with van der Waals surface area (Å²) in [5, 5.41) is 11.3. The van der Waals surface area contributed by atoms with E-state index in [0.29, 0.717) is 18.4 Å². The lowest BCUT2D eigenvalue weighted by Crippen LogP contribution is -2.52. The van der Waals surface area contributed by atoms with Crippen molar-refractivity contribution < 1.29 is 37.7 Å². The number of carbonyl (C=O) groups is 1. The van der Waals surface area contributed by atoms with Crippen LogP contribution in [0.5, 0.6) is 0 Å². The van der Waals surface area contributed by atoms with Crippen LogP contribution in [-0.4, -0.2) is 57.7 Å². The maximum atomic E-state index is 13.1. The Morgan fingerprint density at radius 2 is 1.20 bits per heavy atom. The van der Waals surface area contributed by atoms with Gasteiger partial charge in [-0.15, -0.1) is 0 Å². The van der Waals surface area contributed by atoms with E-state index in [-0.39, 0.29) is 18.8 Å². The number of nitrogens with one attached hydrogen (secondary N) is 1. The summed E-state index contributed by atoms with van der Waals surface area (Å²) in [6, 6.07) is 7.71. The molecule has 1 aromatic carbocycles. The van der Waals surface area contributed by atoms with Crippen LogP contribution in [0.4, 0.5) is 0 Å². The van der Waals surface area contributed by atoms with E-state index in [1.54, 1.807) is 30.3 Å². The number of carbonyl (C=O) groups excluding carboxylic acids is 1. The van der Waals surface area contributed by atoms with Crippen molar-refractivity contribution in [3.63, 3.8) is 0 Å². The number of aliphatic hydroxyl groups excluding tert-OH is 1. The van der Waals surface area contributed by atoms with E-state index in [2.05, 4.69) is 18.6 Å². The molecule has 0 saturated heterocycles. The second kappa shape index (κ2) is 24.2. The monoisotopic (exact) mass is 662 g/mol. The molecule has 44 heavy (non-hydrogen) atoms. The lowest BCUT2D eigenvalue weighted by atomic mass is 9.99. The van der Waals surface area contributed by atoms with Gasteiger partial charge in [-0.05, 0) is 18.4 Å². The van der Waals surface area contributed by atoms with Gasteiger partial charge in [0.15, 0.2) is 6.10 Å². The quantitative estimate of drug-likeness (QED) is 0.0457. The standard InChI is InChI=1S/C33H61NO8PS/c1-3-5-7-9-11-13-14-15-17-22-26-30(34-44(40,41)27-23-18-16-12-10-8-6-4-2)31(35)32(33(36)43(37,38)39)42-28-29-24-20-19-21-25-29/h19-21,24-25,30-32,34-35,37-39H,3-18,22-23,26-28H2,1-2H3/q+1. The summed E-state index contributed by atoms with van der Waals surface area (Å²) in [7, 11) is -8.83. The van der Waals surface area contributed by atoms with Crippen molar-refractivity contribution in [2.24, 2.45) is 0 Å². The minimum absolute atomic E-state index is 0.108. The van der Waals surface area contributed by atoms with Crippen LogP contribution in [-0.2, 0) is 26.2 Å². The fraction of sp³-hybridized carbons (Fsp3) is 0.788. The molecule has 0 heterocycles. The zero-order valence-electron chi connectivity index (χ0n) is 27.2. The minimum Gasteiger partial charge on any atom is -0.388 e. The van der Waals surface area contributed by atoms with Crippen LogP contribution in [0.3, 0.4) is 0 Å². The summed E-state index contributed by atoms with van der Waals surface area (Å²) in [6.07, 6.45) is 15.6. The van der Waals surface area contributed by atoms with E-state index in [9.17, 15) is 33.0 Å². The van der Waals surface area contributed by atoms with Crippen LogP contribution in [0.25, 0.3) is 0 Å². The van der Waals surface area contributed by atoms with Gasteiger partial charge in [0.25, 0.3) is 0 Å². The third-order valence-electron chi connectivity index (χ3n) is 8.00. The molecule has 256 valence electrons. The largest absolute Gasteiger partial charge is 0.481 e. The Morgan fingerprint density at radius 1 is 0.750 bits per heavy atom. The van der Waals surface area contributed by atoms with Crippen LogP contribution >= 0.6 is 7.94 Å². The first kappa shape index (κ1) is 41.1. The molecule has 0 spiro atoms. The Hall–Kier alpha value is -0.970. The predicted octanol–water partition coefficient (Wildman–Crippen LogP) is 6.94. The van der Waals surface area contributed by atoms with E-state index in [1.165, 1.54) is 51.4 Å². The van der Waals surface area contributed by atoms with Gasteiger partial charge in [-0.3, -0.25) is 0 Å². The number of hydrogen-bond donors (Lipinski definition) is 5. The number of hydrogen-bond acceptors (Lipinski definition) is 8. The molecule has 0 radical (unpaired) electrons. The van der Waals surface area contributed by atoms with E-state index < -0.39 is 41.7 Å². The molecule has 1 aromatic rings. The third-order valence-corrected chi connectivity index (χ3v) is 10.3. The molecule has 5 N–H and O–H groups in total. The molecule has 0 fully saturated rings. The fourth-order valence-corrected chi connectivity index (χ4v) is 7.31. The first-order valence-electron chi connectivity index (χ1n) is 17.0. The highest BCUT2D eigenvalue weighted by Crippen LogP contribution is 2.47. The van der Waals surface area contributed by atoms with Gasteiger partial charge in [0.2, 0.25) is 10.0 Å². The smallest absolute Gasteiger partial charge is 0.388 e. The van der Waals surface area contributed by atoms with Crippen LogP contribution in [0, 0.1) is 0 Å². The maximum absolute atomic E-state index is 13.1. The predicted molar refractivity (Wildman–Crippen MR) is 179 cm³/mol. The van der Waals surface area contributed by atoms with Gasteiger partial charge in [-0.25, -0.2) is 17.9 Å². The van der Waals surface area contributed by atoms with Crippen molar-refractivity contribution >= 4 is 23.5 Å². The van der Waals surface area contributed by atoms with E-state index >= 15 is 0 Å². The lowest BCUT2D eigenvalue weighted by Gasteiger charge is -2.29. The molecule has 1 rings (SSSR count).